The van der Waals surface area contributed by atoms with E-state index in [1.54, 1.807) is 6.08 Å². The zero-order chi connectivity index (χ0) is 19.5. The van der Waals surface area contributed by atoms with Gasteiger partial charge in [0.05, 0.1) is 0 Å². The average molecular weight is 351 g/mol. The fourth-order valence-corrected chi connectivity index (χ4v) is 2.66. The van der Waals surface area contributed by atoms with Gasteiger partial charge in [0.15, 0.2) is 0 Å². The van der Waals surface area contributed by atoms with Crippen LogP contribution in [0.15, 0.2) is 48.5 Å². The molecule has 0 amide bonds. The molecule has 0 aliphatic rings. The highest BCUT2D eigenvalue weighted by atomic mass is 16.5. The summed E-state index contributed by atoms with van der Waals surface area (Å²) in [6.45, 7) is 15.0. The number of ether oxygens (including phenoxy) is 1. The molecule has 2 heteroatoms. The second-order valence-corrected chi connectivity index (χ2v) is 8.88. The van der Waals surface area contributed by atoms with Gasteiger partial charge >= 0.3 is 5.97 Å². The van der Waals surface area contributed by atoms with Gasteiger partial charge in [0.25, 0.3) is 0 Å². The Hall–Kier alpha value is -2.35. The molecule has 0 fully saturated rings. The van der Waals surface area contributed by atoms with Crippen molar-refractivity contribution in [1.29, 1.82) is 0 Å². The van der Waals surface area contributed by atoms with Gasteiger partial charge < -0.3 is 4.74 Å². The van der Waals surface area contributed by atoms with Crippen LogP contribution in [-0.2, 0) is 15.6 Å². The van der Waals surface area contributed by atoms with E-state index >= 15 is 0 Å². The summed E-state index contributed by atoms with van der Waals surface area (Å²) in [5, 5.41) is 0. The highest BCUT2D eigenvalue weighted by Gasteiger charge is 2.23. The van der Waals surface area contributed by atoms with Gasteiger partial charge in [-0.2, -0.15) is 0 Å². The largest absolute Gasteiger partial charge is 0.423 e. The Kier molecular flexibility index (Phi) is 5.75. The second-order valence-electron chi connectivity index (χ2n) is 8.88. The number of aryl methyl sites for hydroxylation is 1. The van der Waals surface area contributed by atoms with E-state index in [9.17, 15) is 4.79 Å². The van der Waals surface area contributed by atoms with Gasteiger partial charge in [-0.1, -0.05) is 83.5 Å². The van der Waals surface area contributed by atoms with Crippen LogP contribution in [0.4, 0.5) is 0 Å². The van der Waals surface area contributed by atoms with Crippen molar-refractivity contribution in [2.45, 2.75) is 59.3 Å². The number of benzene rings is 2. The van der Waals surface area contributed by atoms with Crippen LogP contribution in [0.2, 0.25) is 0 Å². The van der Waals surface area contributed by atoms with Gasteiger partial charge in [0, 0.05) is 11.6 Å². The first-order chi connectivity index (χ1) is 12.0. The number of hydrogen-bond donors (Lipinski definition) is 0. The van der Waals surface area contributed by atoms with Crippen LogP contribution in [0.25, 0.3) is 6.08 Å². The number of hydrogen-bond acceptors (Lipinski definition) is 2. The van der Waals surface area contributed by atoms with E-state index in [2.05, 4.69) is 47.6 Å². The van der Waals surface area contributed by atoms with Crippen LogP contribution in [0.3, 0.4) is 0 Å². The molecule has 0 bridgehead atoms. The molecule has 0 saturated carbocycles. The molecule has 0 unspecified atom stereocenters. The lowest BCUT2D eigenvalue weighted by Gasteiger charge is -2.26. The van der Waals surface area contributed by atoms with Crippen LogP contribution >= 0.6 is 0 Å². The minimum absolute atomic E-state index is 0.0495. The molecule has 0 radical (unpaired) electrons. The molecule has 0 saturated heterocycles. The molecule has 0 N–H and O–H groups in total. The lowest BCUT2D eigenvalue weighted by Crippen LogP contribution is -2.18. The van der Waals surface area contributed by atoms with Gasteiger partial charge in [-0.05, 0) is 41.0 Å². The SMILES string of the molecule is Cc1ccc(C=CC(=O)Oc2ccc(C(C)(C)C)cc2C(C)(C)C)cc1. The van der Waals surface area contributed by atoms with E-state index in [1.807, 2.05) is 43.3 Å². The van der Waals surface area contributed by atoms with Gasteiger partial charge in [-0.15, -0.1) is 0 Å². The monoisotopic (exact) mass is 350 g/mol. The fourth-order valence-electron chi connectivity index (χ4n) is 2.66. The summed E-state index contributed by atoms with van der Waals surface area (Å²) in [4.78, 5) is 12.3. The Balaban J connectivity index is 2.25. The molecule has 2 nitrogen and oxygen atoms in total. The summed E-state index contributed by atoms with van der Waals surface area (Å²) < 4.78 is 5.66. The van der Waals surface area contributed by atoms with E-state index in [-0.39, 0.29) is 16.8 Å². The van der Waals surface area contributed by atoms with Crippen molar-refractivity contribution in [2.75, 3.05) is 0 Å². The van der Waals surface area contributed by atoms with Crippen molar-refractivity contribution in [3.63, 3.8) is 0 Å². The first-order valence-corrected chi connectivity index (χ1v) is 9.08. The van der Waals surface area contributed by atoms with Crippen molar-refractivity contribution in [3.05, 3.63) is 70.8 Å². The summed E-state index contributed by atoms with van der Waals surface area (Å²) in [5.41, 5.74) is 4.38. The molecule has 0 aromatic heterocycles. The molecule has 2 rings (SSSR count). The predicted octanol–water partition coefficient (Wildman–Crippen LogP) is 6.21. The topological polar surface area (TPSA) is 26.3 Å². The third-order valence-electron chi connectivity index (χ3n) is 4.35. The molecule has 0 aliphatic carbocycles. The summed E-state index contributed by atoms with van der Waals surface area (Å²) in [7, 11) is 0. The Bertz CT molecular complexity index is 798. The molecule has 0 heterocycles. The summed E-state index contributed by atoms with van der Waals surface area (Å²) in [6, 6.07) is 14.1. The van der Waals surface area contributed by atoms with Gasteiger partial charge in [0.1, 0.15) is 5.75 Å². The molecule has 0 aliphatic heterocycles. The minimum atomic E-state index is -0.361. The molecular formula is C24H30O2. The Labute approximate surface area is 157 Å². The fraction of sp³-hybridized carbons (Fsp3) is 0.375. The highest BCUT2D eigenvalue weighted by Crippen LogP contribution is 2.35. The Morgan fingerprint density at radius 1 is 0.885 bits per heavy atom. The Morgan fingerprint density at radius 2 is 1.50 bits per heavy atom. The van der Waals surface area contributed by atoms with Crippen molar-refractivity contribution in [2.24, 2.45) is 0 Å². The highest BCUT2D eigenvalue weighted by molar-refractivity contribution is 5.89. The van der Waals surface area contributed by atoms with Crippen molar-refractivity contribution in [1.82, 2.24) is 0 Å². The summed E-state index contributed by atoms with van der Waals surface area (Å²) in [6.07, 6.45) is 3.26. The van der Waals surface area contributed by atoms with Crippen LogP contribution in [0.1, 0.15) is 63.8 Å². The summed E-state index contributed by atoms with van der Waals surface area (Å²) in [5.74, 6) is 0.267. The number of esters is 1. The number of rotatable bonds is 3. The third-order valence-corrected chi connectivity index (χ3v) is 4.35. The lowest BCUT2D eigenvalue weighted by atomic mass is 9.80. The first kappa shape index (κ1) is 20.0. The Morgan fingerprint density at radius 3 is 2.04 bits per heavy atom. The van der Waals surface area contributed by atoms with E-state index < -0.39 is 0 Å². The first-order valence-electron chi connectivity index (χ1n) is 9.08. The van der Waals surface area contributed by atoms with E-state index in [0.29, 0.717) is 5.75 Å². The van der Waals surface area contributed by atoms with Gasteiger partial charge in [0.2, 0.25) is 0 Å². The van der Waals surface area contributed by atoms with Gasteiger partial charge in [-0.3, -0.25) is 0 Å². The quantitative estimate of drug-likeness (QED) is 0.374. The number of carbonyl (C=O) groups is 1. The molecule has 26 heavy (non-hydrogen) atoms. The lowest BCUT2D eigenvalue weighted by molar-refractivity contribution is -0.128. The smallest absolute Gasteiger partial charge is 0.336 e. The standard InChI is InChI=1S/C24H30O2/c1-17-8-10-18(11-9-17)12-15-22(25)26-21-14-13-19(23(2,3)4)16-20(21)24(5,6)7/h8-16H,1-7H3. The molecule has 138 valence electrons. The maximum absolute atomic E-state index is 12.3. The zero-order valence-corrected chi connectivity index (χ0v) is 17.0. The molecule has 0 atom stereocenters. The number of carbonyl (C=O) groups excluding carboxylic acids is 1. The second kappa shape index (κ2) is 7.49. The van der Waals surface area contributed by atoms with E-state index in [4.69, 9.17) is 4.74 Å². The molecule has 2 aromatic rings. The van der Waals surface area contributed by atoms with Crippen LogP contribution < -0.4 is 4.74 Å². The van der Waals surface area contributed by atoms with Crippen LogP contribution in [-0.4, -0.2) is 5.97 Å². The maximum atomic E-state index is 12.3. The summed E-state index contributed by atoms with van der Waals surface area (Å²) >= 11 is 0. The van der Waals surface area contributed by atoms with Crippen LogP contribution in [0, 0.1) is 6.92 Å². The maximum Gasteiger partial charge on any atom is 0.336 e. The van der Waals surface area contributed by atoms with Crippen LogP contribution in [0.5, 0.6) is 5.75 Å². The van der Waals surface area contributed by atoms with Gasteiger partial charge in [-0.25, -0.2) is 4.79 Å². The predicted molar refractivity (Wildman–Crippen MR) is 110 cm³/mol. The average Bonchev–Trinajstić information content (AvgIpc) is 2.52. The van der Waals surface area contributed by atoms with Crippen molar-refractivity contribution in [3.8, 4) is 5.75 Å². The van der Waals surface area contributed by atoms with Crippen molar-refractivity contribution >= 4 is 12.0 Å². The molecule has 2 aromatic carbocycles. The van der Waals surface area contributed by atoms with Crippen molar-refractivity contribution < 1.29 is 9.53 Å². The van der Waals surface area contributed by atoms with E-state index in [0.717, 1.165) is 11.1 Å². The molecule has 0 spiro atoms. The normalized spacial score (nSPS) is 12.4. The minimum Gasteiger partial charge on any atom is -0.423 e. The van der Waals surface area contributed by atoms with E-state index in [1.165, 1.54) is 17.2 Å². The zero-order valence-electron chi connectivity index (χ0n) is 17.0. The third kappa shape index (κ3) is 5.32. The molecular weight excluding hydrogens is 320 g/mol.